The Morgan fingerprint density at radius 3 is 2.43 bits per heavy atom. The van der Waals surface area contributed by atoms with Crippen LogP contribution in [0.15, 0.2) is 4.99 Å². The SMILES string of the molecule is CCCNC(=NC)NCC(CC(C)C)N1CCOCC1.I. The minimum atomic E-state index is 0. The van der Waals surface area contributed by atoms with E-state index in [1.807, 2.05) is 7.05 Å². The Morgan fingerprint density at radius 1 is 1.24 bits per heavy atom. The fourth-order valence-corrected chi connectivity index (χ4v) is 2.53. The maximum atomic E-state index is 5.46. The first-order valence-electron chi connectivity index (χ1n) is 7.93. The van der Waals surface area contributed by atoms with Gasteiger partial charge in [-0.3, -0.25) is 9.89 Å². The highest BCUT2D eigenvalue weighted by Gasteiger charge is 2.21. The molecule has 0 spiro atoms. The molecule has 0 bridgehead atoms. The standard InChI is InChI=1S/C15H32N4O.HI/c1-5-6-17-15(16-4)18-12-14(11-13(2)3)19-7-9-20-10-8-19;/h13-14H,5-12H2,1-4H3,(H2,16,17,18);1H. The third-order valence-electron chi connectivity index (χ3n) is 3.58. The zero-order valence-electron chi connectivity index (χ0n) is 14.0. The van der Waals surface area contributed by atoms with Gasteiger partial charge >= 0.3 is 0 Å². The third-order valence-corrected chi connectivity index (χ3v) is 3.58. The Kier molecular flexibility index (Phi) is 12.4. The summed E-state index contributed by atoms with van der Waals surface area (Å²) in [5, 5.41) is 6.79. The summed E-state index contributed by atoms with van der Waals surface area (Å²) in [5.41, 5.74) is 0. The molecule has 1 rings (SSSR count). The van der Waals surface area contributed by atoms with Crippen molar-refractivity contribution in [2.24, 2.45) is 10.9 Å². The number of hydrogen-bond acceptors (Lipinski definition) is 3. The molecule has 0 aromatic heterocycles. The van der Waals surface area contributed by atoms with Crippen molar-refractivity contribution >= 4 is 29.9 Å². The number of guanidine groups is 1. The number of halogens is 1. The van der Waals surface area contributed by atoms with Crippen LogP contribution in [-0.4, -0.2) is 63.3 Å². The summed E-state index contributed by atoms with van der Waals surface area (Å²) in [6.07, 6.45) is 2.32. The molecule has 0 amide bonds. The van der Waals surface area contributed by atoms with Crippen molar-refractivity contribution in [3.05, 3.63) is 0 Å². The van der Waals surface area contributed by atoms with Crippen LogP contribution in [0.1, 0.15) is 33.6 Å². The number of ether oxygens (including phenoxy) is 1. The van der Waals surface area contributed by atoms with Gasteiger partial charge in [-0.1, -0.05) is 20.8 Å². The number of rotatable bonds is 7. The summed E-state index contributed by atoms with van der Waals surface area (Å²) in [4.78, 5) is 6.82. The van der Waals surface area contributed by atoms with E-state index in [4.69, 9.17) is 4.74 Å². The largest absolute Gasteiger partial charge is 0.379 e. The Labute approximate surface area is 147 Å². The van der Waals surface area contributed by atoms with E-state index in [9.17, 15) is 0 Å². The highest BCUT2D eigenvalue weighted by atomic mass is 127. The summed E-state index contributed by atoms with van der Waals surface area (Å²) in [6, 6.07) is 0.555. The van der Waals surface area contributed by atoms with E-state index >= 15 is 0 Å². The van der Waals surface area contributed by atoms with Crippen LogP contribution in [-0.2, 0) is 4.74 Å². The Bertz CT molecular complexity index is 281. The van der Waals surface area contributed by atoms with Gasteiger partial charge in [-0.25, -0.2) is 0 Å². The predicted molar refractivity (Wildman–Crippen MR) is 101 cm³/mol. The first-order chi connectivity index (χ1) is 9.67. The molecule has 21 heavy (non-hydrogen) atoms. The lowest BCUT2D eigenvalue weighted by Crippen LogP contribution is -2.51. The monoisotopic (exact) mass is 412 g/mol. The van der Waals surface area contributed by atoms with Crippen molar-refractivity contribution < 1.29 is 4.74 Å². The number of nitrogens with zero attached hydrogens (tertiary/aromatic N) is 2. The van der Waals surface area contributed by atoms with E-state index in [0.29, 0.717) is 12.0 Å². The van der Waals surface area contributed by atoms with Crippen molar-refractivity contribution in [1.29, 1.82) is 0 Å². The molecule has 0 saturated carbocycles. The van der Waals surface area contributed by atoms with Gasteiger partial charge < -0.3 is 15.4 Å². The maximum Gasteiger partial charge on any atom is 0.191 e. The van der Waals surface area contributed by atoms with Gasteiger partial charge in [0.05, 0.1) is 13.2 Å². The van der Waals surface area contributed by atoms with E-state index in [1.54, 1.807) is 0 Å². The summed E-state index contributed by atoms with van der Waals surface area (Å²) < 4.78 is 5.46. The zero-order chi connectivity index (χ0) is 14.8. The molecule has 0 aromatic rings. The zero-order valence-corrected chi connectivity index (χ0v) is 16.4. The first kappa shape index (κ1) is 20.9. The molecule has 1 atom stereocenters. The molecule has 0 radical (unpaired) electrons. The number of nitrogens with one attached hydrogen (secondary N) is 2. The molecule has 0 aliphatic carbocycles. The highest BCUT2D eigenvalue weighted by Crippen LogP contribution is 2.12. The molecule has 1 saturated heterocycles. The average Bonchev–Trinajstić information content (AvgIpc) is 2.46. The summed E-state index contributed by atoms with van der Waals surface area (Å²) in [5.74, 6) is 1.61. The highest BCUT2D eigenvalue weighted by molar-refractivity contribution is 14.0. The normalized spacial score (nSPS) is 18.2. The van der Waals surface area contributed by atoms with Crippen LogP contribution in [0.25, 0.3) is 0 Å². The molecule has 6 heteroatoms. The average molecular weight is 412 g/mol. The fraction of sp³-hybridized carbons (Fsp3) is 0.933. The smallest absolute Gasteiger partial charge is 0.191 e. The molecule has 1 aliphatic rings. The van der Waals surface area contributed by atoms with Gasteiger partial charge in [0.2, 0.25) is 0 Å². The van der Waals surface area contributed by atoms with Crippen LogP contribution in [0.4, 0.5) is 0 Å². The van der Waals surface area contributed by atoms with Crippen molar-refractivity contribution in [2.75, 3.05) is 46.4 Å². The second-order valence-electron chi connectivity index (χ2n) is 5.81. The molecule has 1 fully saturated rings. The van der Waals surface area contributed by atoms with E-state index in [1.165, 1.54) is 6.42 Å². The van der Waals surface area contributed by atoms with Gasteiger partial charge in [0.1, 0.15) is 0 Å². The molecule has 1 aliphatic heterocycles. The second-order valence-corrected chi connectivity index (χ2v) is 5.81. The summed E-state index contributed by atoms with van der Waals surface area (Å²) >= 11 is 0. The predicted octanol–water partition coefficient (Wildman–Crippen LogP) is 1.93. The van der Waals surface area contributed by atoms with Crippen LogP contribution in [0.5, 0.6) is 0 Å². The summed E-state index contributed by atoms with van der Waals surface area (Å²) in [6.45, 7) is 12.5. The van der Waals surface area contributed by atoms with E-state index < -0.39 is 0 Å². The van der Waals surface area contributed by atoms with Gasteiger partial charge in [0.15, 0.2) is 5.96 Å². The van der Waals surface area contributed by atoms with Gasteiger partial charge in [-0.2, -0.15) is 0 Å². The first-order valence-corrected chi connectivity index (χ1v) is 7.93. The van der Waals surface area contributed by atoms with Gasteiger partial charge in [0, 0.05) is 39.3 Å². The molecule has 1 unspecified atom stereocenters. The van der Waals surface area contributed by atoms with Crippen LogP contribution in [0.2, 0.25) is 0 Å². The van der Waals surface area contributed by atoms with Gasteiger partial charge in [-0.15, -0.1) is 24.0 Å². The molecule has 2 N–H and O–H groups in total. The van der Waals surface area contributed by atoms with Crippen LogP contribution < -0.4 is 10.6 Å². The number of aliphatic imine (C=N–C) groups is 1. The van der Waals surface area contributed by atoms with Crippen molar-refractivity contribution in [3.8, 4) is 0 Å². The van der Waals surface area contributed by atoms with E-state index in [0.717, 1.165) is 51.8 Å². The lowest BCUT2D eigenvalue weighted by molar-refractivity contribution is 0.0132. The number of morpholine rings is 1. The molecule has 126 valence electrons. The summed E-state index contributed by atoms with van der Waals surface area (Å²) in [7, 11) is 1.83. The van der Waals surface area contributed by atoms with Gasteiger partial charge in [-0.05, 0) is 18.8 Å². The minimum absolute atomic E-state index is 0. The van der Waals surface area contributed by atoms with E-state index in [2.05, 4.69) is 41.3 Å². The van der Waals surface area contributed by atoms with Crippen molar-refractivity contribution in [3.63, 3.8) is 0 Å². The van der Waals surface area contributed by atoms with Crippen LogP contribution >= 0.6 is 24.0 Å². The quantitative estimate of drug-likeness (QED) is 0.381. The molecule has 0 aromatic carbocycles. The lowest BCUT2D eigenvalue weighted by Gasteiger charge is -2.35. The van der Waals surface area contributed by atoms with Crippen LogP contribution in [0, 0.1) is 5.92 Å². The van der Waals surface area contributed by atoms with E-state index in [-0.39, 0.29) is 24.0 Å². The topological polar surface area (TPSA) is 48.9 Å². The second kappa shape index (κ2) is 12.5. The molecule has 5 nitrogen and oxygen atoms in total. The van der Waals surface area contributed by atoms with Crippen LogP contribution in [0.3, 0.4) is 0 Å². The lowest BCUT2D eigenvalue weighted by atomic mass is 10.0. The van der Waals surface area contributed by atoms with Crippen molar-refractivity contribution in [1.82, 2.24) is 15.5 Å². The maximum absolute atomic E-state index is 5.46. The molecular formula is C15H33IN4O. The number of hydrogen-bond donors (Lipinski definition) is 2. The molecule has 1 heterocycles. The Balaban J connectivity index is 0.00000400. The molecular weight excluding hydrogens is 379 g/mol. The van der Waals surface area contributed by atoms with Gasteiger partial charge in [0.25, 0.3) is 0 Å². The fourth-order valence-electron chi connectivity index (χ4n) is 2.53. The van der Waals surface area contributed by atoms with Crippen molar-refractivity contribution in [2.45, 2.75) is 39.7 Å². The Morgan fingerprint density at radius 2 is 1.90 bits per heavy atom. The third kappa shape index (κ3) is 8.83. The minimum Gasteiger partial charge on any atom is -0.379 e. The Hall–Kier alpha value is -0.0800.